The van der Waals surface area contributed by atoms with Crippen LogP contribution in [0.2, 0.25) is 0 Å². The fourth-order valence-electron chi connectivity index (χ4n) is 3.96. The van der Waals surface area contributed by atoms with E-state index in [0.29, 0.717) is 0 Å². The highest BCUT2D eigenvalue weighted by Gasteiger charge is 2.44. The Kier molecular flexibility index (Phi) is 4.63. The highest BCUT2D eigenvalue weighted by molar-refractivity contribution is 6.05. The van der Waals surface area contributed by atoms with Crippen molar-refractivity contribution < 1.29 is 0 Å². The molecule has 100 valence electrons. The molecule has 1 heterocycles. The van der Waals surface area contributed by atoms with Crippen molar-refractivity contribution in [1.29, 1.82) is 0 Å². The molecule has 2 aliphatic rings. The highest BCUT2D eigenvalue weighted by atomic mass is 28.2. The molecule has 0 aromatic carbocycles. The number of rotatable bonds is 4. The Morgan fingerprint density at radius 3 is 2.41 bits per heavy atom. The highest BCUT2D eigenvalue weighted by Crippen LogP contribution is 2.39. The van der Waals surface area contributed by atoms with Gasteiger partial charge in [0.1, 0.15) is 5.79 Å². The summed E-state index contributed by atoms with van der Waals surface area (Å²) in [6.07, 6.45) is 8.48. The molecule has 1 saturated carbocycles. The molecule has 3 nitrogen and oxygen atoms in total. The molecular weight excluding hydrogens is 226 g/mol. The third-order valence-electron chi connectivity index (χ3n) is 4.78. The van der Waals surface area contributed by atoms with Crippen LogP contribution in [-0.4, -0.2) is 39.9 Å². The summed E-state index contributed by atoms with van der Waals surface area (Å²) in [6.45, 7) is 6.56. The standard InChI is InChI=1S/C13H29N3Si/c1-3-14-13(15-4-2)10-9-11-7-5-6-8-12(11)16(13)17/h11-12,14-15H,3-10H2,1-2,17H3. The van der Waals surface area contributed by atoms with Gasteiger partial charge in [-0.3, -0.25) is 10.6 Å². The van der Waals surface area contributed by atoms with E-state index in [4.69, 9.17) is 0 Å². The summed E-state index contributed by atoms with van der Waals surface area (Å²) >= 11 is 0. The van der Waals surface area contributed by atoms with Gasteiger partial charge in [-0.25, -0.2) is 0 Å². The van der Waals surface area contributed by atoms with Gasteiger partial charge < -0.3 is 4.57 Å². The second-order valence-electron chi connectivity index (χ2n) is 5.68. The van der Waals surface area contributed by atoms with Crippen molar-refractivity contribution >= 4 is 10.4 Å². The normalized spacial score (nSPS) is 33.5. The Morgan fingerprint density at radius 2 is 1.76 bits per heavy atom. The molecule has 0 radical (unpaired) electrons. The van der Waals surface area contributed by atoms with Gasteiger partial charge in [-0.1, -0.05) is 26.7 Å². The van der Waals surface area contributed by atoms with Crippen LogP contribution >= 0.6 is 0 Å². The molecule has 2 N–H and O–H groups in total. The zero-order chi connectivity index (χ0) is 12.3. The Morgan fingerprint density at radius 1 is 1.12 bits per heavy atom. The first-order valence-corrected chi connectivity index (χ1v) is 8.36. The first kappa shape index (κ1) is 13.5. The van der Waals surface area contributed by atoms with E-state index < -0.39 is 0 Å². The Hall–Kier alpha value is 0.0969. The third-order valence-corrected chi connectivity index (χ3v) is 6.21. The van der Waals surface area contributed by atoms with E-state index in [1.807, 2.05) is 0 Å². The van der Waals surface area contributed by atoms with Crippen molar-refractivity contribution in [3.05, 3.63) is 0 Å². The van der Waals surface area contributed by atoms with Crippen LogP contribution in [-0.2, 0) is 0 Å². The van der Waals surface area contributed by atoms with Crippen molar-refractivity contribution in [2.75, 3.05) is 13.1 Å². The molecule has 1 saturated heterocycles. The van der Waals surface area contributed by atoms with E-state index >= 15 is 0 Å². The first-order chi connectivity index (χ1) is 8.23. The summed E-state index contributed by atoms with van der Waals surface area (Å²) in [6, 6.07) is 0.849. The van der Waals surface area contributed by atoms with E-state index in [2.05, 4.69) is 29.0 Å². The molecule has 17 heavy (non-hydrogen) atoms. The predicted octanol–water partition coefficient (Wildman–Crippen LogP) is 0.794. The zero-order valence-corrected chi connectivity index (χ0v) is 13.8. The predicted molar refractivity (Wildman–Crippen MR) is 76.8 cm³/mol. The zero-order valence-electron chi connectivity index (χ0n) is 11.8. The van der Waals surface area contributed by atoms with Gasteiger partial charge >= 0.3 is 0 Å². The van der Waals surface area contributed by atoms with Gasteiger partial charge in [0.2, 0.25) is 0 Å². The maximum atomic E-state index is 3.73. The Balaban J connectivity index is 2.11. The van der Waals surface area contributed by atoms with E-state index in [1.54, 1.807) is 0 Å². The Bertz CT molecular complexity index is 241. The van der Waals surface area contributed by atoms with Gasteiger partial charge in [0, 0.05) is 6.04 Å². The maximum absolute atomic E-state index is 3.73. The molecular formula is C13H29N3Si. The van der Waals surface area contributed by atoms with E-state index in [9.17, 15) is 0 Å². The largest absolute Gasteiger partial charge is 0.301 e. The summed E-state index contributed by atoms with van der Waals surface area (Å²) in [5.74, 6) is 1.10. The summed E-state index contributed by atoms with van der Waals surface area (Å²) in [5.41, 5.74) is 0. The van der Waals surface area contributed by atoms with Crippen LogP contribution in [0, 0.1) is 5.92 Å². The minimum Gasteiger partial charge on any atom is -0.301 e. The van der Waals surface area contributed by atoms with E-state index in [1.165, 1.54) is 38.5 Å². The molecule has 4 heteroatoms. The van der Waals surface area contributed by atoms with Crippen LogP contribution in [0.5, 0.6) is 0 Å². The fraction of sp³-hybridized carbons (Fsp3) is 1.00. The minimum atomic E-state index is 0.119. The van der Waals surface area contributed by atoms with Crippen LogP contribution in [0.1, 0.15) is 52.4 Å². The van der Waals surface area contributed by atoms with Crippen LogP contribution in [0.4, 0.5) is 0 Å². The molecule has 1 aliphatic carbocycles. The quantitative estimate of drug-likeness (QED) is 0.575. The molecule has 0 aromatic heterocycles. The van der Waals surface area contributed by atoms with Crippen LogP contribution in [0.15, 0.2) is 0 Å². The topological polar surface area (TPSA) is 27.3 Å². The van der Waals surface area contributed by atoms with Gasteiger partial charge in [0.25, 0.3) is 0 Å². The van der Waals surface area contributed by atoms with E-state index in [-0.39, 0.29) is 5.79 Å². The average molecular weight is 255 g/mol. The van der Waals surface area contributed by atoms with E-state index in [0.717, 1.165) is 35.5 Å². The van der Waals surface area contributed by atoms with Gasteiger partial charge in [-0.2, -0.15) is 0 Å². The number of hydrogen-bond donors (Lipinski definition) is 2. The van der Waals surface area contributed by atoms with Crippen molar-refractivity contribution in [3.63, 3.8) is 0 Å². The second-order valence-corrected chi connectivity index (χ2v) is 6.65. The number of hydrogen-bond acceptors (Lipinski definition) is 3. The van der Waals surface area contributed by atoms with Gasteiger partial charge in [0.15, 0.2) is 0 Å². The molecule has 0 bridgehead atoms. The lowest BCUT2D eigenvalue weighted by atomic mass is 9.77. The number of fused-ring (bicyclic) bond motifs is 1. The molecule has 0 spiro atoms. The SMILES string of the molecule is CCNC1(NCC)CCC2CCCCC2N1[SiH3]. The van der Waals surface area contributed by atoms with Gasteiger partial charge in [0.05, 0.1) is 10.4 Å². The smallest absolute Gasteiger partial charge is 0.119 e. The lowest BCUT2D eigenvalue weighted by molar-refractivity contribution is -0.0234. The lowest BCUT2D eigenvalue weighted by Gasteiger charge is -2.55. The van der Waals surface area contributed by atoms with Crippen LogP contribution in [0.25, 0.3) is 0 Å². The van der Waals surface area contributed by atoms with Crippen LogP contribution in [0.3, 0.4) is 0 Å². The minimum absolute atomic E-state index is 0.119. The first-order valence-electron chi connectivity index (χ1n) is 7.46. The molecule has 2 rings (SSSR count). The van der Waals surface area contributed by atoms with Crippen LogP contribution < -0.4 is 10.6 Å². The summed E-state index contributed by atoms with van der Waals surface area (Å²) < 4.78 is 2.74. The molecule has 1 aliphatic heterocycles. The second kappa shape index (κ2) is 5.82. The Labute approximate surface area is 109 Å². The number of nitrogens with zero attached hydrogens (tertiary/aromatic N) is 1. The molecule has 2 unspecified atom stereocenters. The maximum Gasteiger partial charge on any atom is 0.119 e. The van der Waals surface area contributed by atoms with Gasteiger partial charge in [-0.05, 0) is 44.7 Å². The van der Waals surface area contributed by atoms with Crippen molar-refractivity contribution in [2.24, 2.45) is 5.92 Å². The third kappa shape index (κ3) is 2.60. The van der Waals surface area contributed by atoms with Crippen molar-refractivity contribution in [1.82, 2.24) is 15.2 Å². The average Bonchev–Trinajstić information content (AvgIpc) is 2.35. The molecule has 2 atom stereocenters. The lowest BCUT2D eigenvalue weighted by Crippen LogP contribution is -2.72. The molecule has 0 aromatic rings. The number of piperidine rings is 1. The fourth-order valence-corrected chi connectivity index (χ4v) is 5.18. The number of nitrogens with one attached hydrogen (secondary N) is 2. The molecule has 0 amide bonds. The molecule has 2 fully saturated rings. The monoisotopic (exact) mass is 255 g/mol. The summed E-state index contributed by atoms with van der Waals surface area (Å²) in [7, 11) is 1.16. The van der Waals surface area contributed by atoms with Crippen molar-refractivity contribution in [2.45, 2.75) is 64.2 Å². The summed E-state index contributed by atoms with van der Waals surface area (Å²) in [5, 5.41) is 7.46. The summed E-state index contributed by atoms with van der Waals surface area (Å²) in [4.78, 5) is 0. The van der Waals surface area contributed by atoms with Gasteiger partial charge in [-0.15, -0.1) is 0 Å². The van der Waals surface area contributed by atoms with Crippen molar-refractivity contribution in [3.8, 4) is 0 Å².